The largest absolute Gasteiger partial charge is 0.389 e. The molecule has 1 atom stereocenters. The highest BCUT2D eigenvalue weighted by Gasteiger charge is 2.04. The van der Waals surface area contributed by atoms with Gasteiger partial charge in [-0.25, -0.2) is 0 Å². The van der Waals surface area contributed by atoms with Gasteiger partial charge in [0, 0.05) is 4.90 Å². The number of aliphatic hydroxyl groups excluding tert-OH is 1. The van der Waals surface area contributed by atoms with Crippen molar-refractivity contribution in [1.29, 1.82) is 0 Å². The summed E-state index contributed by atoms with van der Waals surface area (Å²) >= 11 is 7.73. The number of halogens is 1. The summed E-state index contributed by atoms with van der Waals surface area (Å²) in [5.41, 5.74) is 0.866. The lowest BCUT2D eigenvalue weighted by Gasteiger charge is -2.07. The molecule has 1 nitrogen and oxygen atoms in total. The van der Waals surface area contributed by atoms with E-state index in [1.165, 1.54) is 0 Å². The highest BCUT2D eigenvalue weighted by Crippen LogP contribution is 2.29. The van der Waals surface area contributed by atoms with Gasteiger partial charge in [-0.2, -0.15) is 0 Å². The molecular weight excluding hydrogens is 204 g/mol. The Labute approximate surface area is 88.1 Å². The van der Waals surface area contributed by atoms with Crippen LogP contribution in [0.4, 0.5) is 0 Å². The minimum Gasteiger partial charge on any atom is -0.389 e. The molecule has 0 saturated heterocycles. The van der Waals surface area contributed by atoms with Gasteiger partial charge in [0.15, 0.2) is 0 Å². The van der Waals surface area contributed by atoms with Gasteiger partial charge in [0.2, 0.25) is 0 Å². The highest BCUT2D eigenvalue weighted by atomic mass is 35.5. The van der Waals surface area contributed by atoms with E-state index in [2.05, 4.69) is 6.92 Å². The van der Waals surface area contributed by atoms with Crippen LogP contribution in [0.1, 0.15) is 25.5 Å². The predicted molar refractivity (Wildman–Crippen MR) is 58.5 cm³/mol. The number of thioether (sulfide) groups is 1. The van der Waals surface area contributed by atoms with E-state index < -0.39 is 6.10 Å². The van der Waals surface area contributed by atoms with Gasteiger partial charge in [-0.15, -0.1) is 11.8 Å². The maximum atomic E-state index is 9.30. The molecule has 1 aromatic rings. The first-order valence-corrected chi connectivity index (χ1v) is 5.61. The van der Waals surface area contributed by atoms with E-state index in [0.29, 0.717) is 0 Å². The van der Waals surface area contributed by atoms with Crippen molar-refractivity contribution >= 4 is 23.4 Å². The Balaban J connectivity index is 2.92. The molecule has 3 heteroatoms. The van der Waals surface area contributed by atoms with E-state index >= 15 is 0 Å². The number of rotatable bonds is 3. The Bertz CT molecular complexity index is 286. The Morgan fingerprint density at radius 2 is 2.23 bits per heavy atom. The van der Waals surface area contributed by atoms with Crippen molar-refractivity contribution in [2.45, 2.75) is 24.8 Å². The summed E-state index contributed by atoms with van der Waals surface area (Å²) in [7, 11) is 0. The van der Waals surface area contributed by atoms with E-state index in [0.717, 1.165) is 21.2 Å². The zero-order valence-corrected chi connectivity index (χ0v) is 9.32. The zero-order valence-electron chi connectivity index (χ0n) is 7.75. The zero-order chi connectivity index (χ0) is 9.84. The Morgan fingerprint density at radius 3 is 2.69 bits per heavy atom. The second kappa shape index (κ2) is 4.89. The van der Waals surface area contributed by atoms with Crippen LogP contribution < -0.4 is 0 Å². The molecule has 1 aromatic carbocycles. The molecule has 0 amide bonds. The number of hydrogen-bond acceptors (Lipinski definition) is 2. The average molecular weight is 217 g/mol. The van der Waals surface area contributed by atoms with Gasteiger partial charge < -0.3 is 5.11 Å². The van der Waals surface area contributed by atoms with Crippen LogP contribution in [0.15, 0.2) is 23.1 Å². The lowest BCUT2D eigenvalue weighted by atomic mass is 10.1. The van der Waals surface area contributed by atoms with Crippen LogP contribution in [0.2, 0.25) is 5.02 Å². The molecule has 0 aromatic heterocycles. The lowest BCUT2D eigenvalue weighted by Crippen LogP contribution is -1.90. The molecule has 1 rings (SSSR count). The van der Waals surface area contributed by atoms with E-state index in [9.17, 15) is 5.11 Å². The molecule has 0 heterocycles. The standard InChI is InChI=1S/C10H13ClOS/c1-3-13-10-5-4-8(7(2)12)6-9(10)11/h4-7,12H,3H2,1-2H3/t7-/m1/s1. The smallest absolute Gasteiger partial charge is 0.0762 e. The minimum absolute atomic E-state index is 0.446. The van der Waals surface area contributed by atoms with Crippen molar-refractivity contribution in [3.8, 4) is 0 Å². The molecule has 0 aliphatic rings. The molecule has 72 valence electrons. The topological polar surface area (TPSA) is 20.2 Å². The van der Waals surface area contributed by atoms with E-state index in [1.54, 1.807) is 18.7 Å². The van der Waals surface area contributed by atoms with Gasteiger partial charge in [0.1, 0.15) is 0 Å². The lowest BCUT2D eigenvalue weighted by molar-refractivity contribution is 0.199. The predicted octanol–water partition coefficient (Wildman–Crippen LogP) is 3.51. The third-order valence-corrected chi connectivity index (χ3v) is 3.12. The molecule has 1 N–H and O–H groups in total. The fraction of sp³-hybridized carbons (Fsp3) is 0.400. The number of hydrogen-bond donors (Lipinski definition) is 1. The van der Waals surface area contributed by atoms with Crippen molar-refractivity contribution in [2.75, 3.05) is 5.75 Å². The second-order valence-electron chi connectivity index (χ2n) is 2.80. The molecule has 0 spiro atoms. The van der Waals surface area contributed by atoms with Crippen LogP contribution in [0.5, 0.6) is 0 Å². The fourth-order valence-electron chi connectivity index (χ4n) is 1.05. The van der Waals surface area contributed by atoms with Gasteiger partial charge in [-0.1, -0.05) is 24.6 Å². The van der Waals surface area contributed by atoms with E-state index in [4.69, 9.17) is 11.6 Å². The van der Waals surface area contributed by atoms with Crippen LogP contribution in [0.3, 0.4) is 0 Å². The van der Waals surface area contributed by atoms with Crippen molar-refractivity contribution in [3.63, 3.8) is 0 Å². The Kier molecular flexibility index (Phi) is 4.10. The summed E-state index contributed by atoms with van der Waals surface area (Å²) in [5, 5.41) is 10.0. The third kappa shape index (κ3) is 2.90. The van der Waals surface area contributed by atoms with Crippen LogP contribution in [0, 0.1) is 0 Å². The minimum atomic E-state index is -0.446. The first kappa shape index (κ1) is 10.9. The third-order valence-electron chi connectivity index (χ3n) is 1.74. The number of aliphatic hydroxyl groups is 1. The molecule has 0 saturated carbocycles. The van der Waals surface area contributed by atoms with Gasteiger partial charge in [0.05, 0.1) is 11.1 Å². The Morgan fingerprint density at radius 1 is 1.54 bits per heavy atom. The van der Waals surface area contributed by atoms with Gasteiger partial charge >= 0.3 is 0 Å². The van der Waals surface area contributed by atoms with Crippen molar-refractivity contribution < 1.29 is 5.11 Å². The van der Waals surface area contributed by atoms with E-state index in [-0.39, 0.29) is 0 Å². The summed E-state index contributed by atoms with van der Waals surface area (Å²) in [5.74, 6) is 1.01. The molecule has 0 bridgehead atoms. The second-order valence-corrected chi connectivity index (χ2v) is 4.51. The summed E-state index contributed by atoms with van der Waals surface area (Å²) < 4.78 is 0. The Hall–Kier alpha value is -0.180. The van der Waals surface area contributed by atoms with Crippen molar-refractivity contribution in [3.05, 3.63) is 28.8 Å². The maximum Gasteiger partial charge on any atom is 0.0762 e. The normalized spacial score (nSPS) is 12.9. The molecule has 0 aliphatic carbocycles. The first-order chi connectivity index (χ1) is 6.15. The SMILES string of the molecule is CCSc1ccc([C@@H](C)O)cc1Cl. The molecule has 0 radical (unpaired) electrons. The first-order valence-electron chi connectivity index (χ1n) is 4.25. The molecule has 0 unspecified atom stereocenters. The number of benzene rings is 1. The van der Waals surface area contributed by atoms with Crippen LogP contribution >= 0.6 is 23.4 Å². The van der Waals surface area contributed by atoms with E-state index in [1.807, 2.05) is 18.2 Å². The van der Waals surface area contributed by atoms with Gasteiger partial charge in [-0.05, 0) is 30.4 Å². The summed E-state index contributed by atoms with van der Waals surface area (Å²) in [6.45, 7) is 3.82. The average Bonchev–Trinajstić information content (AvgIpc) is 2.08. The molecule has 0 aliphatic heterocycles. The van der Waals surface area contributed by atoms with Gasteiger partial charge in [0.25, 0.3) is 0 Å². The van der Waals surface area contributed by atoms with Crippen LogP contribution in [-0.4, -0.2) is 10.9 Å². The molecular formula is C10H13ClOS. The van der Waals surface area contributed by atoms with Gasteiger partial charge in [-0.3, -0.25) is 0 Å². The van der Waals surface area contributed by atoms with Crippen LogP contribution in [0.25, 0.3) is 0 Å². The maximum absolute atomic E-state index is 9.30. The summed E-state index contributed by atoms with van der Waals surface area (Å²) in [4.78, 5) is 1.08. The summed E-state index contributed by atoms with van der Waals surface area (Å²) in [6.07, 6.45) is -0.446. The summed E-state index contributed by atoms with van der Waals surface area (Å²) in [6, 6.07) is 5.69. The van der Waals surface area contributed by atoms with Crippen molar-refractivity contribution in [2.24, 2.45) is 0 Å². The highest BCUT2D eigenvalue weighted by molar-refractivity contribution is 7.99. The molecule has 13 heavy (non-hydrogen) atoms. The van der Waals surface area contributed by atoms with Crippen molar-refractivity contribution in [1.82, 2.24) is 0 Å². The van der Waals surface area contributed by atoms with Crippen LogP contribution in [-0.2, 0) is 0 Å². The molecule has 0 fully saturated rings. The monoisotopic (exact) mass is 216 g/mol. The fourth-order valence-corrected chi connectivity index (χ4v) is 2.07. The quantitative estimate of drug-likeness (QED) is 0.781.